The van der Waals surface area contributed by atoms with E-state index in [1.54, 1.807) is 6.07 Å². The first-order valence-electron chi connectivity index (χ1n) is 8.41. The van der Waals surface area contributed by atoms with Crippen molar-refractivity contribution in [2.45, 2.75) is 57.3 Å². The van der Waals surface area contributed by atoms with Crippen molar-refractivity contribution >= 4 is 17.3 Å². The first-order valence-corrected chi connectivity index (χ1v) is 9.23. The molecule has 112 valence electrons. The number of carbonyl (C=O) groups excluding carboxylic acids is 1. The molecule has 3 aliphatic rings. The molecule has 1 heterocycles. The van der Waals surface area contributed by atoms with E-state index in [1.165, 1.54) is 66.7 Å². The Labute approximate surface area is 130 Å². The Morgan fingerprint density at radius 1 is 1.05 bits per heavy atom. The molecule has 4 atom stereocenters. The zero-order valence-electron chi connectivity index (χ0n) is 12.3. The molecular formula is C18H22O2S. The summed E-state index contributed by atoms with van der Waals surface area (Å²) in [5, 5.41) is 11.1. The molecule has 0 aliphatic heterocycles. The molecule has 0 N–H and O–H groups in total. The summed E-state index contributed by atoms with van der Waals surface area (Å²) in [4.78, 5) is 12.8. The lowest BCUT2D eigenvalue weighted by Gasteiger charge is -2.47. The number of aryl methyl sites for hydroxylation is 1. The summed E-state index contributed by atoms with van der Waals surface area (Å²) in [7, 11) is 0. The average molecular weight is 302 g/mol. The number of aromatic carboxylic acids is 1. The van der Waals surface area contributed by atoms with Gasteiger partial charge in [-0.05, 0) is 55.4 Å². The van der Waals surface area contributed by atoms with Crippen molar-refractivity contribution in [3.05, 3.63) is 27.5 Å². The molecule has 0 bridgehead atoms. The van der Waals surface area contributed by atoms with E-state index in [0.29, 0.717) is 10.8 Å². The van der Waals surface area contributed by atoms with Gasteiger partial charge in [0, 0.05) is 18.1 Å². The zero-order chi connectivity index (χ0) is 14.4. The van der Waals surface area contributed by atoms with Crippen LogP contribution in [0.3, 0.4) is 0 Å². The Bertz CT molecular complexity index is 568. The first kappa shape index (κ1) is 13.7. The topological polar surface area (TPSA) is 40.1 Å². The van der Waals surface area contributed by atoms with Crippen molar-refractivity contribution in [3.63, 3.8) is 0 Å². The molecule has 1 aromatic heterocycles. The highest BCUT2D eigenvalue weighted by atomic mass is 32.1. The van der Waals surface area contributed by atoms with Crippen LogP contribution in [0, 0.1) is 17.8 Å². The van der Waals surface area contributed by atoms with Crippen molar-refractivity contribution in [1.82, 2.24) is 0 Å². The lowest BCUT2D eigenvalue weighted by atomic mass is 9.57. The Kier molecular flexibility index (Phi) is 3.49. The van der Waals surface area contributed by atoms with E-state index < -0.39 is 5.97 Å². The van der Waals surface area contributed by atoms with Crippen LogP contribution in [-0.4, -0.2) is 5.97 Å². The second-order valence-electron chi connectivity index (χ2n) is 7.06. The molecule has 0 spiro atoms. The van der Waals surface area contributed by atoms with Gasteiger partial charge in [0.25, 0.3) is 4.88 Å². The third-order valence-electron chi connectivity index (χ3n) is 6.16. The molecule has 0 aromatic carbocycles. The molecular weight excluding hydrogens is 280 g/mol. The van der Waals surface area contributed by atoms with Gasteiger partial charge in [-0.3, -0.25) is 0 Å². The highest BCUT2D eigenvalue weighted by Crippen LogP contribution is 2.54. The predicted molar refractivity (Wildman–Crippen MR) is 82.3 cm³/mol. The molecule has 4 rings (SSSR count). The molecule has 3 heteroatoms. The van der Waals surface area contributed by atoms with Crippen LogP contribution in [0.5, 0.6) is 0 Å². The number of carbonyl (C=O) groups is 1. The van der Waals surface area contributed by atoms with Gasteiger partial charge in [-0.1, -0.05) is 19.3 Å². The molecule has 0 saturated heterocycles. The van der Waals surface area contributed by atoms with Crippen LogP contribution in [0.15, 0.2) is 12.1 Å². The molecule has 2 fully saturated rings. The number of carboxylic acids is 1. The van der Waals surface area contributed by atoms with Crippen LogP contribution >= 0.6 is 11.3 Å². The fraction of sp³-hybridized carbons (Fsp3) is 0.667. The van der Waals surface area contributed by atoms with Crippen molar-refractivity contribution < 1.29 is 9.90 Å². The first-order chi connectivity index (χ1) is 10.2. The van der Waals surface area contributed by atoms with E-state index >= 15 is 0 Å². The molecule has 0 radical (unpaired) electrons. The number of rotatable bonds is 1. The molecule has 21 heavy (non-hydrogen) atoms. The molecule has 0 amide bonds. The molecule has 2 saturated carbocycles. The van der Waals surface area contributed by atoms with Crippen molar-refractivity contribution in [3.8, 4) is 0 Å². The van der Waals surface area contributed by atoms with Gasteiger partial charge in [0.15, 0.2) is 0 Å². The average Bonchev–Trinajstić information content (AvgIpc) is 2.53. The summed E-state index contributed by atoms with van der Waals surface area (Å²) in [5.74, 6) is 2.45. The minimum absolute atomic E-state index is 0.388. The Balaban J connectivity index is 1.65. The van der Waals surface area contributed by atoms with Crippen LogP contribution in [0.25, 0.3) is 0 Å². The monoisotopic (exact) mass is 302 g/mol. The Morgan fingerprint density at radius 3 is 2.76 bits per heavy atom. The van der Waals surface area contributed by atoms with Gasteiger partial charge in [-0.15, -0.1) is 0 Å². The maximum atomic E-state index is 11.1. The summed E-state index contributed by atoms with van der Waals surface area (Å²) in [6.45, 7) is 0. The normalized spacial score (nSPS) is 34.5. The van der Waals surface area contributed by atoms with Crippen LogP contribution in [0.2, 0.25) is 0 Å². The smallest absolute Gasteiger partial charge is 0.253 e. The van der Waals surface area contributed by atoms with Crippen molar-refractivity contribution in [2.75, 3.05) is 0 Å². The van der Waals surface area contributed by atoms with E-state index in [2.05, 4.69) is 6.07 Å². The van der Waals surface area contributed by atoms with Gasteiger partial charge in [-0.25, -0.2) is 0 Å². The minimum Gasteiger partial charge on any atom is -0.540 e. The second kappa shape index (κ2) is 5.35. The van der Waals surface area contributed by atoms with Gasteiger partial charge in [0.05, 0.1) is 0 Å². The minimum atomic E-state index is -1.03. The second-order valence-corrected chi connectivity index (χ2v) is 8.20. The SMILES string of the molecule is O=C([O-])c1ccc2c([s+]1)CCC1C2CCC2CCCCC21. The predicted octanol–water partition coefficient (Wildman–Crippen LogP) is 3.64. The van der Waals surface area contributed by atoms with E-state index in [4.69, 9.17) is 0 Å². The Morgan fingerprint density at radius 2 is 1.90 bits per heavy atom. The number of fused-ring (bicyclic) bond motifs is 5. The summed E-state index contributed by atoms with van der Waals surface area (Å²) >= 11 is 1.46. The third-order valence-corrected chi connectivity index (χ3v) is 7.37. The fourth-order valence-electron chi connectivity index (χ4n) is 5.28. The van der Waals surface area contributed by atoms with Gasteiger partial charge < -0.3 is 9.90 Å². The van der Waals surface area contributed by atoms with E-state index in [1.807, 2.05) is 0 Å². The summed E-state index contributed by atoms with van der Waals surface area (Å²) in [6.07, 6.45) is 10.8. The lowest BCUT2D eigenvalue weighted by Crippen LogP contribution is -2.38. The summed E-state index contributed by atoms with van der Waals surface area (Å²) in [6, 6.07) is 3.87. The van der Waals surface area contributed by atoms with Crippen molar-refractivity contribution in [1.29, 1.82) is 0 Å². The van der Waals surface area contributed by atoms with Crippen LogP contribution in [0.4, 0.5) is 0 Å². The highest BCUT2D eigenvalue weighted by molar-refractivity contribution is 7.13. The fourth-order valence-corrected chi connectivity index (χ4v) is 6.33. The third kappa shape index (κ3) is 2.30. The van der Waals surface area contributed by atoms with E-state index in [0.717, 1.165) is 24.2 Å². The highest BCUT2D eigenvalue weighted by Gasteiger charge is 2.44. The maximum absolute atomic E-state index is 11.1. The number of carboxylic acid groups (broad SMARTS) is 1. The van der Waals surface area contributed by atoms with Gasteiger partial charge in [0.2, 0.25) is 16.2 Å². The van der Waals surface area contributed by atoms with E-state index in [9.17, 15) is 9.90 Å². The quantitative estimate of drug-likeness (QED) is 0.743. The Hall–Kier alpha value is -0.960. The van der Waals surface area contributed by atoms with Gasteiger partial charge in [0.1, 0.15) is 5.97 Å². The standard InChI is InChI=1S/C18H22O2S/c19-18(20)17-10-8-15-14-6-5-11-3-1-2-4-12(11)13(14)7-9-16(15)21-17/h8,10-14H,1-7,9H2. The van der Waals surface area contributed by atoms with Gasteiger partial charge >= 0.3 is 0 Å². The maximum Gasteiger partial charge on any atom is 0.253 e. The molecule has 3 aliphatic carbocycles. The van der Waals surface area contributed by atoms with Crippen LogP contribution < -0.4 is 5.11 Å². The number of hydrogen-bond acceptors (Lipinski definition) is 2. The molecule has 2 nitrogen and oxygen atoms in total. The molecule has 4 unspecified atom stereocenters. The van der Waals surface area contributed by atoms with Crippen LogP contribution in [-0.2, 0) is 6.42 Å². The molecule has 1 aromatic rings. The lowest BCUT2D eigenvalue weighted by molar-refractivity contribution is -0.254. The number of hydrogen-bond donors (Lipinski definition) is 0. The summed E-state index contributed by atoms with van der Waals surface area (Å²) < 4.78 is 0. The van der Waals surface area contributed by atoms with E-state index in [-0.39, 0.29) is 0 Å². The van der Waals surface area contributed by atoms with Crippen molar-refractivity contribution in [2.24, 2.45) is 17.8 Å². The van der Waals surface area contributed by atoms with Gasteiger partial charge in [-0.2, -0.15) is 0 Å². The largest absolute Gasteiger partial charge is 0.540 e. The van der Waals surface area contributed by atoms with Crippen LogP contribution in [0.1, 0.15) is 71.0 Å². The zero-order valence-corrected chi connectivity index (χ0v) is 13.2. The summed E-state index contributed by atoms with van der Waals surface area (Å²) in [5.41, 5.74) is 1.46.